The Bertz CT molecular complexity index is 240. The van der Waals surface area contributed by atoms with Gasteiger partial charge in [0.2, 0.25) is 0 Å². The van der Waals surface area contributed by atoms with E-state index in [4.69, 9.17) is 0 Å². The molecule has 0 nitrogen and oxygen atoms in total. The second-order valence-electron chi connectivity index (χ2n) is 7.77. The maximum Gasteiger partial charge on any atom is -0.0326 e. The van der Waals surface area contributed by atoms with Gasteiger partial charge in [-0.15, -0.1) is 6.58 Å². The van der Waals surface area contributed by atoms with Gasteiger partial charge in [-0.25, -0.2) is 0 Å². The van der Waals surface area contributed by atoms with Crippen LogP contribution in [-0.4, -0.2) is 0 Å². The first-order valence-electron chi connectivity index (χ1n) is 10.2. The highest BCUT2D eigenvalue weighted by Crippen LogP contribution is 2.23. The molecule has 0 aromatic carbocycles. The summed E-state index contributed by atoms with van der Waals surface area (Å²) in [7, 11) is 0. The van der Waals surface area contributed by atoms with E-state index in [0.29, 0.717) is 0 Å². The molecule has 0 N–H and O–H groups in total. The van der Waals surface area contributed by atoms with Crippen LogP contribution >= 0.6 is 0 Å². The van der Waals surface area contributed by atoms with E-state index in [9.17, 15) is 0 Å². The first-order valence-corrected chi connectivity index (χ1v) is 10.2. The molecule has 0 aliphatic heterocycles. The number of unbranched alkanes of at least 4 members (excludes halogenated alkanes) is 9. The maximum absolute atomic E-state index is 3.97. The average molecular weight is 309 g/mol. The van der Waals surface area contributed by atoms with E-state index in [1.165, 1.54) is 95.5 Å². The molecule has 0 radical (unpaired) electrons. The number of rotatable bonds is 16. The van der Waals surface area contributed by atoms with Crippen LogP contribution in [-0.2, 0) is 0 Å². The Hall–Kier alpha value is -0.260. The fourth-order valence-corrected chi connectivity index (χ4v) is 3.24. The lowest BCUT2D eigenvalue weighted by Crippen LogP contribution is -2.08. The lowest BCUT2D eigenvalue weighted by molar-refractivity contribution is 0.323. The molecule has 0 amide bonds. The van der Waals surface area contributed by atoms with Crippen LogP contribution in [0.4, 0.5) is 0 Å². The van der Waals surface area contributed by atoms with E-state index in [-0.39, 0.29) is 0 Å². The van der Waals surface area contributed by atoms with Gasteiger partial charge in [0.25, 0.3) is 0 Å². The summed E-state index contributed by atoms with van der Waals surface area (Å²) in [6, 6.07) is 0. The van der Waals surface area contributed by atoms with Crippen molar-refractivity contribution in [2.75, 3.05) is 0 Å². The summed E-state index contributed by atoms with van der Waals surface area (Å²) < 4.78 is 0. The SMILES string of the molecule is C=C(C)CCCCCCCCCCC(C)C(C)CCCCC. The summed E-state index contributed by atoms with van der Waals surface area (Å²) in [6.45, 7) is 13.3. The predicted octanol–water partition coefficient (Wildman–Crippen LogP) is 8.32. The van der Waals surface area contributed by atoms with Crippen molar-refractivity contribution in [1.82, 2.24) is 0 Å². The van der Waals surface area contributed by atoms with Gasteiger partial charge in [0.05, 0.1) is 0 Å². The second kappa shape index (κ2) is 15.6. The Labute approximate surface area is 142 Å². The van der Waals surface area contributed by atoms with Crippen molar-refractivity contribution >= 4 is 0 Å². The van der Waals surface area contributed by atoms with Crippen LogP contribution in [0.2, 0.25) is 0 Å². The van der Waals surface area contributed by atoms with Crippen LogP contribution in [0.5, 0.6) is 0 Å². The van der Waals surface area contributed by atoms with Gasteiger partial charge in [0, 0.05) is 0 Å². The first-order chi connectivity index (χ1) is 10.6. The highest BCUT2D eigenvalue weighted by Gasteiger charge is 2.11. The van der Waals surface area contributed by atoms with Crippen LogP contribution in [0, 0.1) is 11.8 Å². The van der Waals surface area contributed by atoms with E-state index in [1.807, 2.05) is 0 Å². The minimum atomic E-state index is 0.930. The summed E-state index contributed by atoms with van der Waals surface area (Å²) in [4.78, 5) is 0. The fraction of sp³-hybridized carbons (Fsp3) is 0.909. The van der Waals surface area contributed by atoms with Gasteiger partial charge in [-0.1, -0.05) is 103 Å². The van der Waals surface area contributed by atoms with Crippen molar-refractivity contribution in [3.63, 3.8) is 0 Å². The lowest BCUT2D eigenvalue weighted by Gasteiger charge is -2.19. The van der Waals surface area contributed by atoms with Gasteiger partial charge in [-0.2, -0.15) is 0 Å². The van der Waals surface area contributed by atoms with Crippen LogP contribution in [0.3, 0.4) is 0 Å². The molecule has 0 saturated carbocycles. The predicted molar refractivity (Wildman–Crippen MR) is 103 cm³/mol. The van der Waals surface area contributed by atoms with E-state index >= 15 is 0 Å². The molecule has 0 aromatic heterocycles. The third kappa shape index (κ3) is 14.7. The molecule has 0 heteroatoms. The van der Waals surface area contributed by atoms with E-state index in [2.05, 4.69) is 34.3 Å². The van der Waals surface area contributed by atoms with Gasteiger partial charge < -0.3 is 0 Å². The van der Waals surface area contributed by atoms with Crippen molar-refractivity contribution in [1.29, 1.82) is 0 Å². The molecule has 0 saturated heterocycles. The summed E-state index contributed by atoms with van der Waals surface area (Å²) in [5.41, 5.74) is 1.35. The van der Waals surface area contributed by atoms with Crippen molar-refractivity contribution in [3.8, 4) is 0 Å². The average Bonchev–Trinajstić information content (AvgIpc) is 2.48. The highest BCUT2D eigenvalue weighted by molar-refractivity contribution is 4.86. The van der Waals surface area contributed by atoms with Crippen LogP contribution < -0.4 is 0 Å². The van der Waals surface area contributed by atoms with Gasteiger partial charge in [0.1, 0.15) is 0 Å². The van der Waals surface area contributed by atoms with Gasteiger partial charge in [0.15, 0.2) is 0 Å². The molecule has 0 fully saturated rings. The fourth-order valence-electron chi connectivity index (χ4n) is 3.24. The molecule has 2 unspecified atom stereocenters. The smallest absolute Gasteiger partial charge is 0.0326 e. The Morgan fingerprint density at radius 2 is 1.09 bits per heavy atom. The van der Waals surface area contributed by atoms with Gasteiger partial charge in [-0.05, 0) is 31.6 Å². The number of hydrogen-bond acceptors (Lipinski definition) is 0. The van der Waals surface area contributed by atoms with E-state index in [1.54, 1.807) is 0 Å². The molecule has 2 atom stereocenters. The molecule has 0 aromatic rings. The van der Waals surface area contributed by atoms with Crippen molar-refractivity contribution in [2.24, 2.45) is 11.8 Å². The Kier molecular flexibility index (Phi) is 15.4. The van der Waals surface area contributed by atoms with E-state index < -0.39 is 0 Å². The Morgan fingerprint density at radius 1 is 0.682 bits per heavy atom. The molecular formula is C22H44. The van der Waals surface area contributed by atoms with Crippen molar-refractivity contribution in [3.05, 3.63) is 12.2 Å². The zero-order valence-corrected chi connectivity index (χ0v) is 16.3. The van der Waals surface area contributed by atoms with Crippen molar-refractivity contribution < 1.29 is 0 Å². The summed E-state index contributed by atoms with van der Waals surface area (Å²) in [5, 5.41) is 0. The zero-order chi connectivity index (χ0) is 16.6. The van der Waals surface area contributed by atoms with Crippen molar-refractivity contribution in [2.45, 2.75) is 118 Å². The Morgan fingerprint density at radius 3 is 1.55 bits per heavy atom. The summed E-state index contributed by atoms with van der Waals surface area (Å²) in [6.07, 6.45) is 19.8. The summed E-state index contributed by atoms with van der Waals surface area (Å²) >= 11 is 0. The molecular weight excluding hydrogens is 264 g/mol. The molecule has 22 heavy (non-hydrogen) atoms. The molecule has 0 aliphatic rings. The minimum Gasteiger partial charge on any atom is -0.100 e. The minimum absolute atomic E-state index is 0.930. The molecule has 0 spiro atoms. The number of allylic oxidation sites excluding steroid dienone is 1. The third-order valence-electron chi connectivity index (χ3n) is 5.25. The summed E-state index contributed by atoms with van der Waals surface area (Å²) in [5.74, 6) is 1.86. The van der Waals surface area contributed by atoms with E-state index in [0.717, 1.165) is 11.8 Å². The molecule has 0 aliphatic carbocycles. The Balaban J connectivity index is 3.29. The largest absolute Gasteiger partial charge is 0.100 e. The van der Waals surface area contributed by atoms with Crippen LogP contribution in [0.25, 0.3) is 0 Å². The molecule has 0 rings (SSSR count). The van der Waals surface area contributed by atoms with Gasteiger partial charge >= 0.3 is 0 Å². The topological polar surface area (TPSA) is 0 Å². The van der Waals surface area contributed by atoms with Gasteiger partial charge in [-0.3, -0.25) is 0 Å². The molecule has 132 valence electrons. The van der Waals surface area contributed by atoms with Crippen LogP contribution in [0.1, 0.15) is 118 Å². The first kappa shape index (κ1) is 21.7. The highest BCUT2D eigenvalue weighted by atomic mass is 14.2. The standard InChI is InChI=1S/C22H44/c1-6-7-14-18-21(4)22(5)19-16-13-11-9-8-10-12-15-17-20(2)3/h21-22H,2,6-19H2,1,3-5H3. The normalized spacial score (nSPS) is 14.0. The third-order valence-corrected chi connectivity index (χ3v) is 5.25. The molecule has 0 bridgehead atoms. The van der Waals surface area contributed by atoms with Crippen LogP contribution in [0.15, 0.2) is 12.2 Å². The zero-order valence-electron chi connectivity index (χ0n) is 16.3. The maximum atomic E-state index is 3.97. The lowest BCUT2D eigenvalue weighted by atomic mass is 9.87. The second-order valence-corrected chi connectivity index (χ2v) is 7.77. The number of hydrogen-bond donors (Lipinski definition) is 0. The molecule has 0 heterocycles. The quantitative estimate of drug-likeness (QED) is 0.198. The monoisotopic (exact) mass is 308 g/mol.